The van der Waals surface area contributed by atoms with E-state index in [1.54, 1.807) is 6.20 Å². The van der Waals surface area contributed by atoms with Crippen LogP contribution in [-0.4, -0.2) is 4.98 Å². The largest absolute Gasteiger partial charge is 0.418 e. The standard InChI is InChI=1S/C16H11F3N2/c17-16(18,19)13-6-5-11(9-14(13)20)15-12-4-2-1-3-10(12)7-8-21-15/h1-9H,20H2. The van der Waals surface area contributed by atoms with E-state index in [4.69, 9.17) is 5.73 Å². The minimum atomic E-state index is -4.45. The fourth-order valence-corrected chi connectivity index (χ4v) is 2.32. The summed E-state index contributed by atoms with van der Waals surface area (Å²) in [4.78, 5) is 4.27. The van der Waals surface area contributed by atoms with E-state index in [1.165, 1.54) is 12.1 Å². The highest BCUT2D eigenvalue weighted by Crippen LogP contribution is 2.36. The zero-order valence-corrected chi connectivity index (χ0v) is 10.9. The normalized spacial score (nSPS) is 11.8. The Morgan fingerprint density at radius 1 is 0.952 bits per heavy atom. The van der Waals surface area contributed by atoms with Crippen LogP contribution in [0.4, 0.5) is 18.9 Å². The summed E-state index contributed by atoms with van der Waals surface area (Å²) in [5, 5.41) is 1.85. The van der Waals surface area contributed by atoms with E-state index in [-0.39, 0.29) is 5.69 Å². The first-order chi connectivity index (χ1) is 9.97. The molecule has 0 aliphatic carbocycles. The second kappa shape index (κ2) is 4.77. The summed E-state index contributed by atoms with van der Waals surface area (Å²) in [6, 6.07) is 13.1. The molecule has 106 valence electrons. The summed E-state index contributed by atoms with van der Waals surface area (Å²) in [7, 11) is 0. The second-order valence-electron chi connectivity index (χ2n) is 4.68. The van der Waals surface area contributed by atoms with Gasteiger partial charge in [0.1, 0.15) is 0 Å². The Bertz CT molecular complexity index is 805. The van der Waals surface area contributed by atoms with E-state index in [0.717, 1.165) is 16.8 Å². The number of hydrogen-bond acceptors (Lipinski definition) is 2. The van der Waals surface area contributed by atoms with Gasteiger partial charge in [0.25, 0.3) is 0 Å². The predicted octanol–water partition coefficient (Wildman–Crippen LogP) is 4.50. The number of fused-ring (bicyclic) bond motifs is 1. The van der Waals surface area contributed by atoms with Gasteiger partial charge < -0.3 is 5.73 Å². The lowest BCUT2D eigenvalue weighted by molar-refractivity contribution is -0.136. The Morgan fingerprint density at radius 3 is 2.43 bits per heavy atom. The number of anilines is 1. The van der Waals surface area contributed by atoms with E-state index in [1.807, 2.05) is 30.3 Å². The van der Waals surface area contributed by atoms with Crippen LogP contribution in [0.3, 0.4) is 0 Å². The van der Waals surface area contributed by atoms with Gasteiger partial charge in [-0.25, -0.2) is 0 Å². The SMILES string of the molecule is Nc1cc(-c2nccc3ccccc23)ccc1C(F)(F)F. The molecule has 0 fully saturated rings. The van der Waals surface area contributed by atoms with Crippen molar-refractivity contribution in [2.45, 2.75) is 6.18 Å². The van der Waals surface area contributed by atoms with Crippen LogP contribution in [0.2, 0.25) is 0 Å². The van der Waals surface area contributed by atoms with Gasteiger partial charge in [-0.3, -0.25) is 4.98 Å². The molecule has 1 aromatic heterocycles. The molecule has 0 amide bonds. The molecule has 0 aliphatic rings. The van der Waals surface area contributed by atoms with Gasteiger partial charge in [-0.15, -0.1) is 0 Å². The summed E-state index contributed by atoms with van der Waals surface area (Å²) in [5.41, 5.74) is 5.60. The maximum Gasteiger partial charge on any atom is 0.418 e. The number of nitrogens with zero attached hydrogens (tertiary/aromatic N) is 1. The number of nitrogens with two attached hydrogens (primary N) is 1. The number of nitrogen functional groups attached to an aromatic ring is 1. The molecule has 3 rings (SSSR count). The topological polar surface area (TPSA) is 38.9 Å². The Kier molecular flexibility index (Phi) is 3.05. The third-order valence-corrected chi connectivity index (χ3v) is 3.30. The van der Waals surface area contributed by atoms with Crippen LogP contribution >= 0.6 is 0 Å². The fourth-order valence-electron chi connectivity index (χ4n) is 2.32. The number of aromatic nitrogens is 1. The van der Waals surface area contributed by atoms with Gasteiger partial charge in [0.15, 0.2) is 0 Å². The molecule has 2 aromatic carbocycles. The summed E-state index contributed by atoms with van der Waals surface area (Å²) >= 11 is 0. The van der Waals surface area contributed by atoms with Gasteiger partial charge in [0.05, 0.1) is 11.3 Å². The molecule has 0 saturated heterocycles. The van der Waals surface area contributed by atoms with E-state index in [2.05, 4.69) is 4.98 Å². The van der Waals surface area contributed by atoms with E-state index in [9.17, 15) is 13.2 Å². The number of halogens is 3. The van der Waals surface area contributed by atoms with E-state index < -0.39 is 11.7 Å². The predicted molar refractivity (Wildman–Crippen MR) is 76.6 cm³/mol. The third kappa shape index (κ3) is 2.42. The first-order valence-electron chi connectivity index (χ1n) is 6.27. The number of benzene rings is 2. The number of alkyl halides is 3. The molecule has 0 bridgehead atoms. The quantitative estimate of drug-likeness (QED) is 0.669. The molecular weight excluding hydrogens is 277 g/mol. The number of pyridine rings is 1. The highest BCUT2D eigenvalue weighted by Gasteiger charge is 2.32. The Labute approximate surface area is 119 Å². The molecule has 5 heteroatoms. The average molecular weight is 288 g/mol. The van der Waals surface area contributed by atoms with Crippen molar-refractivity contribution in [3.8, 4) is 11.3 Å². The molecule has 0 radical (unpaired) electrons. The Morgan fingerprint density at radius 2 is 1.71 bits per heavy atom. The molecule has 3 aromatic rings. The molecule has 1 heterocycles. The van der Waals surface area contributed by atoms with Crippen molar-refractivity contribution in [1.29, 1.82) is 0 Å². The summed E-state index contributed by atoms with van der Waals surface area (Å²) in [6.07, 6.45) is -2.82. The Balaban J connectivity index is 2.18. The van der Waals surface area contributed by atoms with Crippen LogP contribution in [-0.2, 0) is 6.18 Å². The minimum Gasteiger partial charge on any atom is -0.398 e. The van der Waals surface area contributed by atoms with Crippen molar-refractivity contribution in [2.75, 3.05) is 5.73 Å². The van der Waals surface area contributed by atoms with Crippen LogP contribution in [0, 0.1) is 0 Å². The van der Waals surface area contributed by atoms with Crippen molar-refractivity contribution in [2.24, 2.45) is 0 Å². The van der Waals surface area contributed by atoms with Gasteiger partial charge in [-0.05, 0) is 23.6 Å². The molecule has 0 saturated carbocycles. The molecule has 2 nitrogen and oxygen atoms in total. The highest BCUT2D eigenvalue weighted by molar-refractivity contribution is 5.94. The Hall–Kier alpha value is -2.56. The summed E-state index contributed by atoms with van der Waals surface area (Å²) < 4.78 is 38.2. The lowest BCUT2D eigenvalue weighted by Gasteiger charge is -2.12. The molecular formula is C16H11F3N2. The highest BCUT2D eigenvalue weighted by atomic mass is 19.4. The summed E-state index contributed by atoms with van der Waals surface area (Å²) in [5.74, 6) is 0. The monoisotopic (exact) mass is 288 g/mol. The fraction of sp³-hybridized carbons (Fsp3) is 0.0625. The number of hydrogen-bond donors (Lipinski definition) is 1. The zero-order valence-electron chi connectivity index (χ0n) is 10.9. The van der Waals surface area contributed by atoms with Crippen molar-refractivity contribution >= 4 is 16.5 Å². The maximum absolute atomic E-state index is 12.7. The average Bonchev–Trinajstić information content (AvgIpc) is 2.45. The molecule has 0 unspecified atom stereocenters. The van der Waals surface area contributed by atoms with Gasteiger partial charge in [-0.1, -0.05) is 30.3 Å². The number of rotatable bonds is 1. The lowest BCUT2D eigenvalue weighted by Crippen LogP contribution is -2.08. The summed E-state index contributed by atoms with van der Waals surface area (Å²) in [6.45, 7) is 0. The van der Waals surface area contributed by atoms with Crippen LogP contribution in [0.15, 0.2) is 54.7 Å². The van der Waals surface area contributed by atoms with E-state index in [0.29, 0.717) is 11.3 Å². The first kappa shape index (κ1) is 13.4. The van der Waals surface area contributed by atoms with Crippen molar-refractivity contribution in [3.05, 3.63) is 60.3 Å². The molecule has 0 atom stereocenters. The van der Waals surface area contributed by atoms with Crippen LogP contribution < -0.4 is 5.73 Å². The van der Waals surface area contributed by atoms with Gasteiger partial charge in [0, 0.05) is 22.8 Å². The van der Waals surface area contributed by atoms with Crippen molar-refractivity contribution < 1.29 is 13.2 Å². The second-order valence-corrected chi connectivity index (χ2v) is 4.68. The van der Waals surface area contributed by atoms with Crippen molar-refractivity contribution in [1.82, 2.24) is 4.98 Å². The van der Waals surface area contributed by atoms with E-state index >= 15 is 0 Å². The third-order valence-electron chi connectivity index (χ3n) is 3.30. The molecule has 0 spiro atoms. The van der Waals surface area contributed by atoms with Crippen molar-refractivity contribution in [3.63, 3.8) is 0 Å². The first-order valence-corrected chi connectivity index (χ1v) is 6.27. The lowest BCUT2D eigenvalue weighted by atomic mass is 10.0. The van der Waals surface area contributed by atoms with Gasteiger partial charge in [-0.2, -0.15) is 13.2 Å². The van der Waals surface area contributed by atoms with Crippen LogP contribution in [0.1, 0.15) is 5.56 Å². The van der Waals surface area contributed by atoms with Gasteiger partial charge >= 0.3 is 6.18 Å². The molecule has 21 heavy (non-hydrogen) atoms. The molecule has 0 aliphatic heterocycles. The smallest absolute Gasteiger partial charge is 0.398 e. The minimum absolute atomic E-state index is 0.297. The van der Waals surface area contributed by atoms with Gasteiger partial charge in [0.2, 0.25) is 0 Å². The zero-order chi connectivity index (χ0) is 15.0. The maximum atomic E-state index is 12.7. The molecule has 2 N–H and O–H groups in total. The van der Waals surface area contributed by atoms with Crippen LogP contribution in [0.25, 0.3) is 22.0 Å². The van der Waals surface area contributed by atoms with Crippen LogP contribution in [0.5, 0.6) is 0 Å².